The molecule has 0 N–H and O–H groups in total. The van der Waals surface area contributed by atoms with Gasteiger partial charge in [-0.25, -0.2) is 14.0 Å². The standard InChI is InChI=1S/C17H26N3OP/c21-22(18-11-5-2-6-12-18)19(14-16-8-3-1-4-9-16)15-17-10-7-13-20(17)22/h1,3-4,8-9,17H,2,5-7,10-15H2. The monoisotopic (exact) mass is 319 g/mol. The van der Waals surface area contributed by atoms with Crippen LogP contribution in [0.3, 0.4) is 0 Å². The Morgan fingerprint density at radius 1 is 1.00 bits per heavy atom. The highest BCUT2D eigenvalue weighted by atomic mass is 31.2. The van der Waals surface area contributed by atoms with Crippen LogP contribution in [0.1, 0.15) is 37.7 Å². The maximum absolute atomic E-state index is 14.1. The summed E-state index contributed by atoms with van der Waals surface area (Å²) in [6, 6.07) is 11.0. The normalized spacial score (nSPS) is 34.1. The van der Waals surface area contributed by atoms with E-state index in [1.807, 2.05) is 0 Å². The number of piperidine rings is 1. The molecule has 3 saturated heterocycles. The van der Waals surface area contributed by atoms with Crippen LogP contribution in [0.2, 0.25) is 0 Å². The number of hydrogen-bond donors (Lipinski definition) is 0. The van der Waals surface area contributed by atoms with Gasteiger partial charge in [0.15, 0.2) is 0 Å². The molecule has 0 saturated carbocycles. The lowest BCUT2D eigenvalue weighted by Gasteiger charge is -2.40. The number of nitrogens with zero attached hydrogens (tertiary/aromatic N) is 3. The predicted octanol–water partition coefficient (Wildman–Crippen LogP) is 3.56. The number of rotatable bonds is 3. The molecule has 22 heavy (non-hydrogen) atoms. The van der Waals surface area contributed by atoms with Crippen LogP contribution in [0.5, 0.6) is 0 Å². The second-order valence-corrected chi connectivity index (χ2v) is 9.49. The molecule has 0 aliphatic carbocycles. The summed E-state index contributed by atoms with van der Waals surface area (Å²) in [5.41, 5.74) is 1.28. The molecule has 120 valence electrons. The Hall–Kier alpha value is -0.670. The first-order valence-electron chi connectivity index (χ1n) is 8.70. The minimum Gasteiger partial charge on any atom is -0.270 e. The Kier molecular flexibility index (Phi) is 4.12. The highest BCUT2D eigenvalue weighted by Gasteiger charge is 2.53. The second kappa shape index (κ2) is 6.09. The Morgan fingerprint density at radius 2 is 1.77 bits per heavy atom. The van der Waals surface area contributed by atoms with Crippen LogP contribution in [-0.2, 0) is 11.1 Å². The topological polar surface area (TPSA) is 26.8 Å². The molecule has 1 aromatic carbocycles. The molecule has 0 bridgehead atoms. The Balaban J connectivity index is 1.62. The summed E-state index contributed by atoms with van der Waals surface area (Å²) >= 11 is 0. The number of fused-ring (bicyclic) bond motifs is 1. The Bertz CT molecular complexity index is 558. The molecule has 0 aromatic heterocycles. The fourth-order valence-corrected chi connectivity index (χ4v) is 7.87. The largest absolute Gasteiger partial charge is 0.287 e. The zero-order valence-corrected chi connectivity index (χ0v) is 14.1. The zero-order chi connectivity index (χ0) is 15.0. The van der Waals surface area contributed by atoms with E-state index in [1.54, 1.807) is 0 Å². The molecule has 2 atom stereocenters. The van der Waals surface area contributed by atoms with Gasteiger partial charge in [0, 0.05) is 38.8 Å². The van der Waals surface area contributed by atoms with Gasteiger partial charge in [0.05, 0.1) is 0 Å². The third-order valence-electron chi connectivity index (χ3n) is 5.38. The van der Waals surface area contributed by atoms with Gasteiger partial charge < -0.3 is 0 Å². The first-order valence-corrected chi connectivity index (χ1v) is 10.3. The van der Waals surface area contributed by atoms with E-state index in [-0.39, 0.29) is 0 Å². The summed E-state index contributed by atoms with van der Waals surface area (Å²) in [6.07, 6.45) is 6.10. The molecule has 5 heteroatoms. The van der Waals surface area contributed by atoms with E-state index in [0.29, 0.717) is 6.04 Å². The van der Waals surface area contributed by atoms with E-state index in [0.717, 1.165) is 32.7 Å². The SMILES string of the molecule is O=P1(N2CCCCC2)N(Cc2ccccc2)CC2CCCN21. The van der Waals surface area contributed by atoms with E-state index >= 15 is 0 Å². The molecule has 4 nitrogen and oxygen atoms in total. The Morgan fingerprint density at radius 3 is 2.55 bits per heavy atom. The van der Waals surface area contributed by atoms with Gasteiger partial charge in [-0.15, -0.1) is 0 Å². The van der Waals surface area contributed by atoms with Crippen LogP contribution in [-0.4, -0.2) is 46.2 Å². The number of benzene rings is 1. The van der Waals surface area contributed by atoms with Crippen LogP contribution in [0.15, 0.2) is 30.3 Å². The summed E-state index contributed by atoms with van der Waals surface area (Å²) in [5, 5.41) is 0. The van der Waals surface area contributed by atoms with Gasteiger partial charge in [0.25, 0.3) is 7.59 Å². The molecule has 3 heterocycles. The van der Waals surface area contributed by atoms with E-state index in [4.69, 9.17) is 0 Å². The van der Waals surface area contributed by atoms with Crippen LogP contribution >= 0.6 is 7.59 Å². The minimum absolute atomic E-state index is 0.511. The van der Waals surface area contributed by atoms with Crippen LogP contribution in [0.4, 0.5) is 0 Å². The molecule has 3 fully saturated rings. The number of hydrogen-bond acceptors (Lipinski definition) is 1. The first-order chi connectivity index (χ1) is 10.8. The van der Waals surface area contributed by atoms with Crippen molar-refractivity contribution in [2.24, 2.45) is 0 Å². The van der Waals surface area contributed by atoms with Crippen molar-refractivity contribution in [1.82, 2.24) is 14.0 Å². The molecule has 4 rings (SSSR count). The summed E-state index contributed by atoms with van der Waals surface area (Å²) in [4.78, 5) is 0. The molecule has 0 amide bonds. The van der Waals surface area contributed by atoms with Crippen LogP contribution in [0, 0.1) is 0 Å². The smallest absolute Gasteiger partial charge is 0.270 e. The summed E-state index contributed by atoms with van der Waals surface area (Å²) < 4.78 is 21.1. The lowest BCUT2D eigenvalue weighted by molar-refractivity contribution is 0.290. The highest BCUT2D eigenvalue weighted by molar-refractivity contribution is 7.56. The minimum atomic E-state index is -2.52. The highest BCUT2D eigenvalue weighted by Crippen LogP contribution is 2.64. The van der Waals surface area contributed by atoms with Crippen molar-refractivity contribution in [3.05, 3.63) is 35.9 Å². The van der Waals surface area contributed by atoms with E-state index in [1.165, 1.54) is 37.7 Å². The van der Waals surface area contributed by atoms with Gasteiger partial charge in [0.2, 0.25) is 0 Å². The summed E-state index contributed by atoms with van der Waals surface area (Å²) in [7, 11) is -2.52. The second-order valence-electron chi connectivity index (χ2n) is 6.82. The average Bonchev–Trinajstić information content (AvgIpc) is 3.13. The summed E-state index contributed by atoms with van der Waals surface area (Å²) in [5.74, 6) is 0. The van der Waals surface area contributed by atoms with Crippen molar-refractivity contribution in [3.8, 4) is 0 Å². The third kappa shape index (κ3) is 2.46. The van der Waals surface area contributed by atoms with Crippen molar-refractivity contribution in [2.75, 3.05) is 26.2 Å². The molecule has 3 aliphatic rings. The van der Waals surface area contributed by atoms with Gasteiger partial charge in [0.1, 0.15) is 0 Å². The van der Waals surface area contributed by atoms with Gasteiger partial charge >= 0.3 is 0 Å². The van der Waals surface area contributed by atoms with Crippen LogP contribution in [0.25, 0.3) is 0 Å². The maximum Gasteiger partial charge on any atom is 0.287 e. The fraction of sp³-hybridized carbons (Fsp3) is 0.647. The molecule has 2 unspecified atom stereocenters. The quantitative estimate of drug-likeness (QED) is 0.796. The van der Waals surface area contributed by atoms with Crippen molar-refractivity contribution >= 4 is 7.59 Å². The lowest BCUT2D eigenvalue weighted by Crippen LogP contribution is -2.36. The Labute approximate surface area is 133 Å². The van der Waals surface area contributed by atoms with E-state index < -0.39 is 7.59 Å². The van der Waals surface area contributed by atoms with Crippen molar-refractivity contribution in [2.45, 2.75) is 44.7 Å². The van der Waals surface area contributed by atoms with E-state index in [9.17, 15) is 4.57 Å². The van der Waals surface area contributed by atoms with Crippen molar-refractivity contribution in [3.63, 3.8) is 0 Å². The zero-order valence-electron chi connectivity index (χ0n) is 13.2. The lowest BCUT2D eigenvalue weighted by atomic mass is 10.2. The van der Waals surface area contributed by atoms with Crippen molar-refractivity contribution < 1.29 is 4.57 Å². The average molecular weight is 319 g/mol. The predicted molar refractivity (Wildman–Crippen MR) is 89.6 cm³/mol. The maximum atomic E-state index is 14.1. The summed E-state index contributed by atoms with van der Waals surface area (Å²) in [6.45, 7) is 4.82. The fourth-order valence-electron chi connectivity index (χ4n) is 4.29. The molecule has 0 radical (unpaired) electrons. The molecular weight excluding hydrogens is 293 g/mol. The van der Waals surface area contributed by atoms with Crippen LogP contribution < -0.4 is 0 Å². The molecular formula is C17H26N3OP. The molecule has 3 aliphatic heterocycles. The van der Waals surface area contributed by atoms with Gasteiger partial charge in [-0.2, -0.15) is 0 Å². The van der Waals surface area contributed by atoms with Gasteiger partial charge in [-0.05, 0) is 31.2 Å². The third-order valence-corrected chi connectivity index (χ3v) is 8.75. The van der Waals surface area contributed by atoms with E-state index in [2.05, 4.69) is 44.3 Å². The molecule has 0 spiro atoms. The van der Waals surface area contributed by atoms with Crippen molar-refractivity contribution in [1.29, 1.82) is 0 Å². The first kappa shape index (κ1) is 14.9. The van der Waals surface area contributed by atoms with Gasteiger partial charge in [-0.3, -0.25) is 4.57 Å². The molecule has 1 aromatic rings. The van der Waals surface area contributed by atoms with Gasteiger partial charge in [-0.1, -0.05) is 36.8 Å².